The van der Waals surface area contributed by atoms with E-state index >= 15 is 0 Å². The van der Waals surface area contributed by atoms with Crippen LogP contribution in [-0.4, -0.2) is 61.2 Å². The van der Waals surface area contributed by atoms with Crippen LogP contribution in [0, 0.1) is 0 Å². The van der Waals surface area contributed by atoms with E-state index < -0.39 is 10.0 Å². The Labute approximate surface area is 125 Å². The Hall–Kier alpha value is -1.41. The van der Waals surface area contributed by atoms with Gasteiger partial charge in [-0.25, -0.2) is 17.7 Å². The molecular formula is C13H20N4O3S. The van der Waals surface area contributed by atoms with Gasteiger partial charge < -0.3 is 9.64 Å². The van der Waals surface area contributed by atoms with Gasteiger partial charge in [0.1, 0.15) is 0 Å². The summed E-state index contributed by atoms with van der Waals surface area (Å²) in [6.45, 7) is 2.43. The van der Waals surface area contributed by atoms with Crippen LogP contribution in [0.1, 0.15) is 19.3 Å². The average molecular weight is 312 g/mol. The van der Waals surface area contributed by atoms with Gasteiger partial charge in [0.15, 0.2) is 0 Å². The summed E-state index contributed by atoms with van der Waals surface area (Å²) in [6.07, 6.45) is 4.19. The fourth-order valence-electron chi connectivity index (χ4n) is 2.90. The zero-order chi connectivity index (χ0) is 14.9. The van der Waals surface area contributed by atoms with Crippen molar-refractivity contribution in [1.29, 1.82) is 0 Å². The molecule has 3 rings (SSSR count). The van der Waals surface area contributed by atoms with E-state index in [4.69, 9.17) is 4.74 Å². The van der Waals surface area contributed by atoms with Gasteiger partial charge in [0.2, 0.25) is 21.9 Å². The number of hydrogen-bond donors (Lipinski definition) is 0. The fraction of sp³-hybridized carbons (Fsp3) is 0.692. The molecule has 2 aliphatic heterocycles. The van der Waals surface area contributed by atoms with E-state index in [2.05, 4.69) is 9.97 Å². The number of methoxy groups -OCH3 is 1. The maximum atomic E-state index is 12.6. The number of anilines is 1. The van der Waals surface area contributed by atoms with Crippen molar-refractivity contribution in [2.75, 3.05) is 38.2 Å². The zero-order valence-corrected chi connectivity index (χ0v) is 12.9. The van der Waals surface area contributed by atoms with Crippen molar-refractivity contribution in [3.8, 4) is 5.88 Å². The summed E-state index contributed by atoms with van der Waals surface area (Å²) >= 11 is 0. The third-order valence-corrected chi connectivity index (χ3v) is 6.41. The van der Waals surface area contributed by atoms with Crippen molar-refractivity contribution in [1.82, 2.24) is 14.3 Å². The van der Waals surface area contributed by atoms with Gasteiger partial charge >= 0.3 is 0 Å². The van der Waals surface area contributed by atoms with E-state index in [1.807, 2.05) is 4.90 Å². The van der Waals surface area contributed by atoms with Crippen molar-refractivity contribution >= 4 is 16.0 Å². The molecule has 116 valence electrons. The van der Waals surface area contributed by atoms with E-state index in [0.29, 0.717) is 44.4 Å². The lowest BCUT2D eigenvalue weighted by Gasteiger charge is -2.21. The molecule has 0 radical (unpaired) electrons. The molecule has 0 spiro atoms. The average Bonchev–Trinajstić information content (AvgIpc) is 3.19. The van der Waals surface area contributed by atoms with Crippen LogP contribution in [0.25, 0.3) is 0 Å². The Morgan fingerprint density at radius 3 is 2.76 bits per heavy atom. The highest BCUT2D eigenvalue weighted by molar-refractivity contribution is 7.89. The molecular weight excluding hydrogens is 292 g/mol. The number of ether oxygens (including phenoxy) is 1. The highest BCUT2D eigenvalue weighted by atomic mass is 32.2. The molecule has 21 heavy (non-hydrogen) atoms. The monoisotopic (exact) mass is 312 g/mol. The van der Waals surface area contributed by atoms with Crippen LogP contribution in [0.5, 0.6) is 5.88 Å². The van der Waals surface area contributed by atoms with Crippen LogP contribution in [0.3, 0.4) is 0 Å². The Balaban J connectivity index is 1.72. The number of sulfonamides is 1. The van der Waals surface area contributed by atoms with Gasteiger partial charge in [-0.15, -0.1) is 0 Å². The van der Waals surface area contributed by atoms with Crippen LogP contribution in [-0.2, 0) is 10.0 Å². The minimum atomic E-state index is -3.19. The molecule has 0 aliphatic carbocycles. The summed E-state index contributed by atoms with van der Waals surface area (Å²) in [6, 6.07) is 1.68. The summed E-state index contributed by atoms with van der Waals surface area (Å²) in [7, 11) is -1.64. The van der Waals surface area contributed by atoms with Gasteiger partial charge in [-0.05, 0) is 19.3 Å². The summed E-state index contributed by atoms with van der Waals surface area (Å²) in [5, 5.41) is -0.356. The van der Waals surface area contributed by atoms with Crippen molar-refractivity contribution in [2.45, 2.75) is 24.5 Å². The first kappa shape index (κ1) is 14.5. The smallest absolute Gasteiger partial charge is 0.228 e. The molecule has 0 saturated carbocycles. The second kappa shape index (κ2) is 5.76. The maximum Gasteiger partial charge on any atom is 0.228 e. The molecule has 1 aromatic heterocycles. The van der Waals surface area contributed by atoms with Crippen LogP contribution in [0.2, 0.25) is 0 Å². The van der Waals surface area contributed by atoms with Gasteiger partial charge in [0.25, 0.3) is 0 Å². The minimum Gasteiger partial charge on any atom is -0.481 e. The lowest BCUT2D eigenvalue weighted by molar-refractivity contribution is 0.397. The molecule has 2 aliphatic rings. The van der Waals surface area contributed by atoms with Crippen molar-refractivity contribution < 1.29 is 13.2 Å². The zero-order valence-electron chi connectivity index (χ0n) is 12.1. The molecule has 7 nitrogen and oxygen atoms in total. The number of hydrogen-bond acceptors (Lipinski definition) is 6. The van der Waals surface area contributed by atoms with E-state index in [1.165, 1.54) is 0 Å². The number of aromatic nitrogens is 2. The standard InChI is InChI=1S/C13H20N4O3S/c1-20-12-4-6-14-13(15-12)16-9-5-11(10-16)21(18,19)17-7-2-3-8-17/h4,6,11H,2-3,5,7-10H2,1H3/t11-/m0/s1. The van der Waals surface area contributed by atoms with Crippen LogP contribution >= 0.6 is 0 Å². The third-order valence-electron chi connectivity index (χ3n) is 4.10. The molecule has 2 saturated heterocycles. The molecule has 0 amide bonds. The molecule has 1 atom stereocenters. The van der Waals surface area contributed by atoms with E-state index in [0.717, 1.165) is 12.8 Å². The number of nitrogens with zero attached hydrogens (tertiary/aromatic N) is 4. The summed E-state index contributed by atoms with van der Waals surface area (Å²) in [5.41, 5.74) is 0. The first-order valence-corrected chi connectivity index (χ1v) is 8.72. The second-order valence-corrected chi connectivity index (χ2v) is 7.62. The first-order chi connectivity index (χ1) is 10.1. The second-order valence-electron chi connectivity index (χ2n) is 5.41. The van der Waals surface area contributed by atoms with Crippen LogP contribution in [0.4, 0.5) is 5.95 Å². The maximum absolute atomic E-state index is 12.6. The lowest BCUT2D eigenvalue weighted by Crippen LogP contribution is -2.38. The first-order valence-electron chi connectivity index (χ1n) is 7.22. The predicted octanol–water partition coefficient (Wildman–Crippen LogP) is 0.489. The van der Waals surface area contributed by atoms with E-state index in [9.17, 15) is 8.42 Å². The highest BCUT2D eigenvalue weighted by Gasteiger charge is 2.38. The van der Waals surface area contributed by atoms with Gasteiger partial charge in [0, 0.05) is 38.4 Å². The molecule has 8 heteroatoms. The van der Waals surface area contributed by atoms with E-state index in [1.54, 1.807) is 23.7 Å². The van der Waals surface area contributed by atoms with Gasteiger partial charge in [-0.3, -0.25) is 0 Å². The van der Waals surface area contributed by atoms with Crippen molar-refractivity contribution in [2.24, 2.45) is 0 Å². The van der Waals surface area contributed by atoms with Crippen molar-refractivity contribution in [3.63, 3.8) is 0 Å². The van der Waals surface area contributed by atoms with Gasteiger partial charge in [-0.2, -0.15) is 4.98 Å². The molecule has 2 fully saturated rings. The fourth-order valence-corrected chi connectivity index (χ4v) is 4.87. The highest BCUT2D eigenvalue weighted by Crippen LogP contribution is 2.26. The lowest BCUT2D eigenvalue weighted by atomic mass is 10.4. The Bertz CT molecular complexity index is 601. The Kier molecular flexibility index (Phi) is 3.99. The summed E-state index contributed by atoms with van der Waals surface area (Å²) in [5.74, 6) is 1.03. The van der Waals surface area contributed by atoms with E-state index in [-0.39, 0.29) is 5.25 Å². The summed E-state index contributed by atoms with van der Waals surface area (Å²) < 4.78 is 31.9. The quantitative estimate of drug-likeness (QED) is 0.805. The molecule has 0 aromatic carbocycles. The van der Waals surface area contributed by atoms with Crippen LogP contribution < -0.4 is 9.64 Å². The van der Waals surface area contributed by atoms with Gasteiger partial charge in [-0.1, -0.05) is 0 Å². The topological polar surface area (TPSA) is 75.6 Å². The normalized spacial score (nSPS) is 23.7. The molecule has 0 bridgehead atoms. The molecule has 3 heterocycles. The Morgan fingerprint density at radius 1 is 1.29 bits per heavy atom. The molecule has 1 aromatic rings. The predicted molar refractivity (Wildman–Crippen MR) is 78.9 cm³/mol. The number of rotatable bonds is 4. The molecule has 0 N–H and O–H groups in total. The van der Waals surface area contributed by atoms with Crippen LogP contribution in [0.15, 0.2) is 12.3 Å². The largest absolute Gasteiger partial charge is 0.481 e. The Morgan fingerprint density at radius 2 is 2.05 bits per heavy atom. The molecule has 0 unspecified atom stereocenters. The van der Waals surface area contributed by atoms with Crippen molar-refractivity contribution in [3.05, 3.63) is 12.3 Å². The SMILES string of the molecule is COc1ccnc(N2CC[C@H](S(=O)(=O)N3CCCC3)C2)n1. The third kappa shape index (κ3) is 2.82. The summed E-state index contributed by atoms with van der Waals surface area (Å²) in [4.78, 5) is 10.4. The minimum absolute atomic E-state index is 0.356. The van der Waals surface area contributed by atoms with Gasteiger partial charge in [0.05, 0.1) is 12.4 Å².